The summed E-state index contributed by atoms with van der Waals surface area (Å²) >= 11 is 0. The van der Waals surface area contributed by atoms with Gasteiger partial charge >= 0.3 is 12.1 Å². The molecule has 0 aromatic rings. The maximum atomic E-state index is 13.8. The first-order chi connectivity index (χ1) is 18.8. The number of carbonyl (C=O) groups excluding carboxylic acids is 4. The molecule has 4 rings (SSSR count). The minimum atomic E-state index is -5.22. The number of piperidine rings is 1. The highest BCUT2D eigenvalue weighted by atomic mass is 19.4. The van der Waals surface area contributed by atoms with Gasteiger partial charge in [0.1, 0.15) is 18.1 Å². The molecule has 0 bridgehead atoms. The number of nitriles is 1. The number of nitrogens with one attached hydrogen (secondary N) is 3. The summed E-state index contributed by atoms with van der Waals surface area (Å²) in [4.78, 5) is 53.0. The van der Waals surface area contributed by atoms with Crippen LogP contribution in [0.2, 0.25) is 0 Å². The number of halogens is 3. The molecule has 0 unspecified atom stereocenters. The zero-order chi connectivity index (χ0) is 30.7. The number of hydrogen-bond donors (Lipinski definition) is 3. The summed E-state index contributed by atoms with van der Waals surface area (Å²) in [5.74, 6) is -4.76. The number of alkyl halides is 3. The minimum Gasteiger partial charge on any atom is -0.370 e. The average Bonchev–Trinajstić information content (AvgIpc) is 3.12. The summed E-state index contributed by atoms with van der Waals surface area (Å²) in [6, 6.07) is -1.70. The molecule has 7 atom stereocenters. The molecule has 41 heavy (non-hydrogen) atoms. The highest BCUT2D eigenvalue weighted by Gasteiger charge is 2.70. The Morgan fingerprint density at radius 3 is 2.29 bits per heavy atom. The lowest BCUT2D eigenvalue weighted by Gasteiger charge is -2.43. The second-order valence-electron chi connectivity index (χ2n) is 13.7. The van der Waals surface area contributed by atoms with Gasteiger partial charge in [-0.25, -0.2) is 0 Å². The van der Waals surface area contributed by atoms with Gasteiger partial charge in [-0.3, -0.25) is 19.2 Å². The van der Waals surface area contributed by atoms with E-state index in [2.05, 4.69) is 10.6 Å². The van der Waals surface area contributed by atoms with Gasteiger partial charge in [-0.2, -0.15) is 18.4 Å². The predicted octanol–water partition coefficient (Wildman–Crippen LogP) is 2.18. The van der Waals surface area contributed by atoms with Crippen molar-refractivity contribution in [1.82, 2.24) is 20.9 Å². The Hall–Kier alpha value is -2.88. The first-order valence-corrected chi connectivity index (χ1v) is 14.2. The first-order valence-electron chi connectivity index (χ1n) is 14.2. The third kappa shape index (κ3) is 6.17. The Balaban J connectivity index is 1.54. The summed E-state index contributed by atoms with van der Waals surface area (Å²) < 4.78 is 45.7. The molecule has 13 heteroatoms. The highest BCUT2D eigenvalue weighted by Crippen LogP contribution is 2.65. The molecule has 10 nitrogen and oxygen atoms in total. The van der Waals surface area contributed by atoms with E-state index < -0.39 is 65.2 Å². The SMILES string of the molecule is C[C@@H](OC1(C)CCC1)[C@H](NC(=O)C(F)(F)F)C(=O)N1C[C@H]2[C@@H]([C@H]1C(=O)N[C@H](C#N)C[C@@H]1CC(C)(C)NC1=O)C2(C)C. The van der Waals surface area contributed by atoms with Crippen LogP contribution in [0.5, 0.6) is 0 Å². The summed E-state index contributed by atoms with van der Waals surface area (Å²) in [7, 11) is 0. The van der Waals surface area contributed by atoms with E-state index in [1.165, 1.54) is 11.8 Å². The lowest BCUT2D eigenvalue weighted by atomic mass is 9.81. The van der Waals surface area contributed by atoms with Crippen LogP contribution in [0.4, 0.5) is 13.2 Å². The molecule has 0 aromatic carbocycles. The zero-order valence-corrected chi connectivity index (χ0v) is 24.4. The monoisotopic (exact) mass is 583 g/mol. The van der Waals surface area contributed by atoms with Crippen LogP contribution in [-0.4, -0.2) is 76.6 Å². The molecule has 4 fully saturated rings. The van der Waals surface area contributed by atoms with Crippen LogP contribution in [0.3, 0.4) is 0 Å². The van der Waals surface area contributed by atoms with E-state index in [1.54, 1.807) is 6.92 Å². The number of likely N-dealkylation sites (tertiary alicyclic amines) is 1. The van der Waals surface area contributed by atoms with E-state index in [0.29, 0.717) is 19.3 Å². The largest absolute Gasteiger partial charge is 0.471 e. The average molecular weight is 584 g/mol. The normalized spacial score (nSPS) is 31.0. The fourth-order valence-electron chi connectivity index (χ4n) is 6.98. The minimum absolute atomic E-state index is 0.0801. The molecule has 4 amide bonds. The molecule has 2 aliphatic heterocycles. The molecular weight excluding hydrogens is 543 g/mol. The molecule has 0 spiro atoms. The number of hydrogen-bond acceptors (Lipinski definition) is 6. The van der Waals surface area contributed by atoms with Crippen molar-refractivity contribution in [3.05, 3.63) is 0 Å². The second-order valence-corrected chi connectivity index (χ2v) is 13.7. The van der Waals surface area contributed by atoms with Crippen molar-refractivity contribution in [3.63, 3.8) is 0 Å². The van der Waals surface area contributed by atoms with Crippen molar-refractivity contribution < 1.29 is 37.1 Å². The Labute approximate surface area is 238 Å². The van der Waals surface area contributed by atoms with Crippen LogP contribution >= 0.6 is 0 Å². The number of amides is 4. The molecule has 4 aliphatic rings. The van der Waals surface area contributed by atoms with E-state index in [9.17, 15) is 37.6 Å². The van der Waals surface area contributed by atoms with Crippen molar-refractivity contribution in [2.24, 2.45) is 23.2 Å². The standard InChI is InChI=1S/C28H40F3N5O5/c1-14(41-27(6)8-7-9-27)19(34-24(40)28(29,30)31)23(39)36-13-17-18(26(17,4)5)20(36)22(38)33-16(12-32)10-15-11-25(2,3)35-21(15)37/h14-20H,7-11,13H2,1-6H3,(H,33,38)(H,34,40)(H,35,37)/t14-,15-,16+,17+,18+,19+,20+/m1/s1. The Morgan fingerprint density at radius 2 is 1.80 bits per heavy atom. The zero-order valence-electron chi connectivity index (χ0n) is 24.4. The Morgan fingerprint density at radius 1 is 1.17 bits per heavy atom. The number of fused-ring (bicyclic) bond motifs is 1. The van der Waals surface area contributed by atoms with E-state index in [-0.39, 0.29) is 36.1 Å². The van der Waals surface area contributed by atoms with E-state index in [0.717, 1.165) is 6.42 Å². The van der Waals surface area contributed by atoms with Crippen LogP contribution < -0.4 is 16.0 Å². The van der Waals surface area contributed by atoms with Gasteiger partial charge < -0.3 is 25.6 Å². The molecular formula is C28H40F3N5O5. The van der Waals surface area contributed by atoms with Gasteiger partial charge in [0.15, 0.2) is 0 Å². The predicted molar refractivity (Wildman–Crippen MR) is 140 cm³/mol. The van der Waals surface area contributed by atoms with Gasteiger partial charge in [0, 0.05) is 18.0 Å². The third-order valence-electron chi connectivity index (χ3n) is 9.50. The van der Waals surface area contributed by atoms with Gasteiger partial charge in [-0.1, -0.05) is 13.8 Å². The maximum absolute atomic E-state index is 13.8. The van der Waals surface area contributed by atoms with Crippen molar-refractivity contribution in [1.29, 1.82) is 5.26 Å². The molecule has 0 aromatic heterocycles. The lowest BCUT2D eigenvalue weighted by Crippen LogP contribution is -2.61. The topological polar surface area (TPSA) is 141 Å². The fraction of sp³-hybridized carbons (Fsp3) is 0.821. The summed E-state index contributed by atoms with van der Waals surface area (Å²) in [6.07, 6.45) is -3.51. The maximum Gasteiger partial charge on any atom is 0.471 e. The highest BCUT2D eigenvalue weighted by molar-refractivity contribution is 5.95. The summed E-state index contributed by atoms with van der Waals surface area (Å²) in [6.45, 7) is 11.0. The van der Waals surface area contributed by atoms with E-state index >= 15 is 0 Å². The molecule has 3 N–H and O–H groups in total. The van der Waals surface area contributed by atoms with Crippen LogP contribution in [0.15, 0.2) is 0 Å². The smallest absolute Gasteiger partial charge is 0.370 e. The number of rotatable bonds is 9. The van der Waals surface area contributed by atoms with Crippen LogP contribution in [0, 0.1) is 34.5 Å². The fourth-order valence-corrected chi connectivity index (χ4v) is 6.98. The second kappa shape index (κ2) is 10.4. The van der Waals surface area contributed by atoms with Gasteiger partial charge in [-0.15, -0.1) is 0 Å². The van der Waals surface area contributed by atoms with Gasteiger partial charge in [-0.05, 0) is 77.0 Å². The van der Waals surface area contributed by atoms with Crippen LogP contribution in [-0.2, 0) is 23.9 Å². The third-order valence-corrected chi connectivity index (χ3v) is 9.50. The van der Waals surface area contributed by atoms with Gasteiger partial charge in [0.2, 0.25) is 17.7 Å². The molecule has 2 saturated carbocycles. The number of nitrogens with zero attached hydrogens (tertiary/aromatic N) is 2. The van der Waals surface area contributed by atoms with Crippen molar-refractivity contribution in [2.75, 3.05) is 6.54 Å². The summed E-state index contributed by atoms with van der Waals surface area (Å²) in [5.41, 5.74) is -1.35. The van der Waals surface area contributed by atoms with E-state index in [4.69, 9.17) is 4.74 Å². The van der Waals surface area contributed by atoms with Gasteiger partial charge in [0.05, 0.1) is 17.8 Å². The van der Waals surface area contributed by atoms with Gasteiger partial charge in [0.25, 0.3) is 0 Å². The Bertz CT molecular complexity index is 1140. The molecule has 2 aliphatic carbocycles. The number of carbonyl (C=O) groups is 4. The van der Waals surface area contributed by atoms with Crippen LogP contribution in [0.1, 0.15) is 73.6 Å². The summed E-state index contributed by atoms with van der Waals surface area (Å²) in [5, 5.41) is 17.1. The van der Waals surface area contributed by atoms with Crippen molar-refractivity contribution in [3.8, 4) is 6.07 Å². The van der Waals surface area contributed by atoms with E-state index in [1.807, 2.05) is 39.1 Å². The molecule has 2 heterocycles. The van der Waals surface area contributed by atoms with Crippen LogP contribution in [0.25, 0.3) is 0 Å². The molecule has 228 valence electrons. The van der Waals surface area contributed by atoms with Crippen molar-refractivity contribution in [2.45, 2.75) is 115 Å². The first kappa shape index (κ1) is 31.1. The quantitative estimate of drug-likeness (QED) is 0.380. The number of ether oxygens (including phenoxy) is 1. The molecule has 0 radical (unpaired) electrons. The molecule has 2 saturated heterocycles. The Kier molecular flexibility index (Phi) is 7.91. The van der Waals surface area contributed by atoms with Crippen molar-refractivity contribution >= 4 is 23.6 Å². The lowest BCUT2D eigenvalue weighted by molar-refractivity contribution is -0.180.